The van der Waals surface area contributed by atoms with E-state index in [1.165, 1.54) is 146 Å². The number of aryl methyl sites for hydroxylation is 2. The van der Waals surface area contributed by atoms with E-state index in [2.05, 4.69) is 79.3 Å². The van der Waals surface area contributed by atoms with Crippen molar-refractivity contribution in [1.82, 2.24) is 9.13 Å². The molecular weight excluding hydrogens is 749 g/mol. The minimum atomic E-state index is 0.0926. The maximum absolute atomic E-state index is 15.0. The highest BCUT2D eigenvalue weighted by molar-refractivity contribution is 7.99. The smallest absolute Gasteiger partial charge is 0.198 e. The molecule has 0 aliphatic rings. The summed E-state index contributed by atoms with van der Waals surface area (Å²) in [7, 11) is 0. The molecule has 58 heavy (non-hydrogen) atoms. The number of benzene rings is 3. The topological polar surface area (TPSA) is 44.0 Å². The molecule has 318 valence electrons. The number of fused-ring (bicyclic) bond motifs is 4. The summed E-state index contributed by atoms with van der Waals surface area (Å²) in [6.07, 6.45) is 29.8. The van der Waals surface area contributed by atoms with E-state index in [-0.39, 0.29) is 10.9 Å². The molecule has 0 spiro atoms. The second-order valence-corrected chi connectivity index (χ2v) is 19.2. The first kappa shape index (κ1) is 46.4. The Kier molecular flexibility index (Phi) is 20.6. The maximum Gasteiger partial charge on any atom is 0.198 e. The van der Waals surface area contributed by atoms with Gasteiger partial charge in [-0.2, -0.15) is 0 Å². The second kappa shape index (κ2) is 25.8. The number of thioether (sulfide) groups is 2. The Balaban J connectivity index is 1.63. The number of hydrogen-bond donors (Lipinski definition) is 0. The van der Waals surface area contributed by atoms with Crippen molar-refractivity contribution in [2.24, 2.45) is 0 Å². The molecular formula is C52H76N2O2S2. The van der Waals surface area contributed by atoms with Gasteiger partial charge in [0.2, 0.25) is 0 Å². The van der Waals surface area contributed by atoms with Gasteiger partial charge in [-0.25, -0.2) is 0 Å². The predicted molar refractivity (Wildman–Crippen MR) is 260 cm³/mol. The molecule has 3 aromatic carbocycles. The molecule has 0 radical (unpaired) electrons. The lowest BCUT2D eigenvalue weighted by molar-refractivity contribution is 0.569. The highest BCUT2D eigenvalue weighted by Crippen LogP contribution is 2.34. The number of aromatic nitrogens is 2. The third-order valence-electron chi connectivity index (χ3n) is 12.2. The molecule has 0 unspecified atom stereocenters. The Hall–Kier alpha value is -2.70. The Morgan fingerprint density at radius 3 is 1.41 bits per heavy atom. The summed E-state index contributed by atoms with van der Waals surface area (Å²) in [5, 5.41) is 3.17. The van der Waals surface area contributed by atoms with Gasteiger partial charge < -0.3 is 9.13 Å². The van der Waals surface area contributed by atoms with Gasteiger partial charge in [0.1, 0.15) is 0 Å². The van der Waals surface area contributed by atoms with Crippen LogP contribution in [0, 0.1) is 0 Å². The molecule has 2 heterocycles. The zero-order valence-electron chi connectivity index (χ0n) is 36.9. The van der Waals surface area contributed by atoms with Crippen molar-refractivity contribution < 1.29 is 0 Å². The standard InChI is InChI=1S/C52H76N2O2S2/c1-5-9-13-17-21-25-35-53-44-32-30-33-47(57-37-27-23-19-15-11-7-3)49(44)52(56)43-40-46-42(39-45(43)53)51(55)41-31-29-34-48(58-38-28-24-20-16-12-8-4)50(41)54(46)36-26-22-18-14-10-6-2/h29-34,39-40H,5-28,35-38H2,1-4H3. The first-order chi connectivity index (χ1) is 28.5. The van der Waals surface area contributed by atoms with Crippen molar-refractivity contribution >= 4 is 67.1 Å². The summed E-state index contributed by atoms with van der Waals surface area (Å²) in [6.45, 7) is 10.8. The van der Waals surface area contributed by atoms with Gasteiger partial charge >= 0.3 is 0 Å². The van der Waals surface area contributed by atoms with E-state index >= 15 is 0 Å². The van der Waals surface area contributed by atoms with E-state index < -0.39 is 0 Å². The van der Waals surface area contributed by atoms with Crippen molar-refractivity contribution in [3.05, 3.63) is 69.0 Å². The van der Waals surface area contributed by atoms with Crippen molar-refractivity contribution in [2.75, 3.05) is 11.5 Å². The molecule has 0 amide bonds. The van der Waals surface area contributed by atoms with Crippen LogP contribution in [0.15, 0.2) is 67.9 Å². The van der Waals surface area contributed by atoms with E-state index in [9.17, 15) is 9.59 Å². The van der Waals surface area contributed by atoms with Crippen LogP contribution in [0.2, 0.25) is 0 Å². The Morgan fingerprint density at radius 2 is 0.845 bits per heavy atom. The van der Waals surface area contributed by atoms with Crippen LogP contribution in [0.4, 0.5) is 0 Å². The van der Waals surface area contributed by atoms with Gasteiger partial charge in [0.15, 0.2) is 10.9 Å². The number of para-hydroxylation sites is 1. The van der Waals surface area contributed by atoms with Crippen LogP contribution in [0.3, 0.4) is 0 Å². The van der Waals surface area contributed by atoms with E-state index in [4.69, 9.17) is 0 Å². The number of unbranched alkanes of at least 4 members (excludes halogenated alkanes) is 20. The lowest BCUT2D eigenvalue weighted by Gasteiger charge is -2.21. The molecule has 0 N–H and O–H groups in total. The predicted octanol–water partition coefficient (Wildman–Crippen LogP) is 16.2. The second-order valence-electron chi connectivity index (χ2n) is 16.9. The van der Waals surface area contributed by atoms with Crippen LogP contribution in [-0.4, -0.2) is 20.6 Å². The van der Waals surface area contributed by atoms with Gasteiger partial charge in [0.05, 0.1) is 27.5 Å². The number of nitrogens with zero attached hydrogens (tertiary/aromatic N) is 2. The van der Waals surface area contributed by atoms with Crippen LogP contribution in [0.1, 0.15) is 182 Å². The van der Waals surface area contributed by atoms with Crippen LogP contribution in [0.5, 0.6) is 0 Å². The summed E-state index contributed by atoms with van der Waals surface area (Å²) in [5.74, 6) is 2.08. The van der Waals surface area contributed by atoms with E-state index in [1.807, 2.05) is 29.6 Å². The highest BCUT2D eigenvalue weighted by Gasteiger charge is 2.20. The molecule has 5 rings (SSSR count). The van der Waals surface area contributed by atoms with Crippen LogP contribution in [-0.2, 0) is 13.1 Å². The zero-order valence-corrected chi connectivity index (χ0v) is 38.6. The summed E-state index contributed by atoms with van der Waals surface area (Å²) in [6, 6.07) is 17.1. The molecule has 0 bridgehead atoms. The first-order valence-electron chi connectivity index (χ1n) is 23.9. The average Bonchev–Trinajstić information content (AvgIpc) is 3.24. The van der Waals surface area contributed by atoms with Gasteiger partial charge in [-0.15, -0.1) is 23.5 Å². The Labute approximate surface area is 359 Å². The van der Waals surface area contributed by atoms with Crippen LogP contribution < -0.4 is 10.9 Å². The molecule has 6 heteroatoms. The first-order valence-corrected chi connectivity index (χ1v) is 25.9. The molecule has 0 aliphatic carbocycles. The number of rotatable bonds is 30. The quantitative estimate of drug-likeness (QED) is 0.0263. The van der Waals surface area contributed by atoms with Gasteiger partial charge in [-0.05, 0) is 73.6 Å². The minimum absolute atomic E-state index is 0.0926. The molecule has 4 nitrogen and oxygen atoms in total. The average molecular weight is 825 g/mol. The van der Waals surface area contributed by atoms with E-state index in [0.717, 1.165) is 85.9 Å². The molecule has 5 aromatic rings. The SMILES string of the molecule is CCCCCCCCSc1cccc2c1c(=O)c1cc3c(cc1n2CCCCCCCC)c(=O)c1cccc(SCCCCCCCC)c1n3CCCCCCCC. The summed E-state index contributed by atoms with van der Waals surface area (Å²) in [4.78, 5) is 32.1. The highest BCUT2D eigenvalue weighted by atomic mass is 32.2. The largest absolute Gasteiger partial charge is 0.340 e. The van der Waals surface area contributed by atoms with Gasteiger partial charge in [-0.1, -0.05) is 168 Å². The molecule has 0 fully saturated rings. The van der Waals surface area contributed by atoms with Crippen molar-refractivity contribution in [3.63, 3.8) is 0 Å². The number of hydrogen-bond acceptors (Lipinski definition) is 4. The minimum Gasteiger partial charge on any atom is -0.340 e. The van der Waals surface area contributed by atoms with Gasteiger partial charge in [0, 0.05) is 39.0 Å². The summed E-state index contributed by atoms with van der Waals surface area (Å²) in [5.41, 5.74) is 4.11. The fourth-order valence-corrected chi connectivity index (χ4v) is 11.0. The van der Waals surface area contributed by atoms with Crippen molar-refractivity contribution in [3.8, 4) is 0 Å². The van der Waals surface area contributed by atoms with Crippen LogP contribution in [0.25, 0.3) is 43.6 Å². The van der Waals surface area contributed by atoms with Crippen molar-refractivity contribution in [1.29, 1.82) is 0 Å². The normalized spacial score (nSPS) is 11.9. The molecule has 0 aliphatic heterocycles. The summed E-state index contributed by atoms with van der Waals surface area (Å²) >= 11 is 3.77. The molecule has 2 aromatic heterocycles. The third kappa shape index (κ3) is 12.7. The Morgan fingerprint density at radius 1 is 0.414 bits per heavy atom. The zero-order chi connectivity index (χ0) is 41.0. The maximum atomic E-state index is 15.0. The van der Waals surface area contributed by atoms with Crippen LogP contribution >= 0.6 is 23.5 Å². The lowest BCUT2D eigenvalue weighted by atomic mass is 10.0. The summed E-state index contributed by atoms with van der Waals surface area (Å²) < 4.78 is 4.84. The monoisotopic (exact) mass is 825 g/mol. The fourth-order valence-electron chi connectivity index (χ4n) is 8.81. The molecule has 0 saturated heterocycles. The number of pyridine rings is 2. The molecule has 0 saturated carbocycles. The van der Waals surface area contributed by atoms with Gasteiger partial charge in [-0.3, -0.25) is 9.59 Å². The Bertz CT molecular complexity index is 2120. The molecule has 0 atom stereocenters. The van der Waals surface area contributed by atoms with Gasteiger partial charge in [0.25, 0.3) is 0 Å². The van der Waals surface area contributed by atoms with Crippen molar-refractivity contribution in [2.45, 2.75) is 205 Å². The fraction of sp³-hybridized carbons (Fsp3) is 0.615. The third-order valence-corrected chi connectivity index (χ3v) is 14.5. The van der Waals surface area contributed by atoms with E-state index in [1.54, 1.807) is 0 Å². The lowest BCUT2D eigenvalue weighted by Crippen LogP contribution is -2.16. The van der Waals surface area contributed by atoms with E-state index in [0.29, 0.717) is 0 Å².